The molecule has 1 amide bonds. The Morgan fingerprint density at radius 3 is 2.27 bits per heavy atom. The van der Waals surface area contributed by atoms with Crippen LogP contribution in [0.15, 0.2) is 41.4 Å². The first-order valence-corrected chi connectivity index (χ1v) is 6.40. The van der Waals surface area contributed by atoms with Crippen LogP contribution in [-0.2, 0) is 0 Å². The van der Waals surface area contributed by atoms with Crippen LogP contribution in [0.3, 0.4) is 0 Å². The highest BCUT2D eigenvalue weighted by Gasteiger charge is 2.14. The fourth-order valence-electron chi connectivity index (χ4n) is 1.87. The summed E-state index contributed by atoms with van der Waals surface area (Å²) in [7, 11) is 2.94. The van der Waals surface area contributed by atoms with Gasteiger partial charge in [-0.25, -0.2) is 4.39 Å². The van der Waals surface area contributed by atoms with Crippen molar-refractivity contribution in [2.45, 2.75) is 0 Å². The molecule has 0 spiro atoms. The van der Waals surface area contributed by atoms with Crippen LogP contribution in [0, 0.1) is 5.82 Å². The van der Waals surface area contributed by atoms with Crippen LogP contribution in [0.5, 0.6) is 11.5 Å². The lowest BCUT2D eigenvalue weighted by molar-refractivity contribution is 0.100. The number of methoxy groups -OCH3 is 2. The molecule has 0 heterocycles. The molecule has 2 rings (SSSR count). The second-order valence-electron chi connectivity index (χ2n) is 4.40. The summed E-state index contributed by atoms with van der Waals surface area (Å²) in [6, 6.07) is 8.82. The molecule has 5 nitrogen and oxygen atoms in total. The van der Waals surface area contributed by atoms with E-state index in [0.29, 0.717) is 22.7 Å². The van der Waals surface area contributed by atoms with Gasteiger partial charge >= 0.3 is 0 Å². The molecule has 0 aliphatic heterocycles. The predicted molar refractivity (Wildman–Crippen MR) is 81.7 cm³/mol. The maximum absolute atomic E-state index is 12.9. The lowest BCUT2D eigenvalue weighted by Crippen LogP contribution is -2.11. The van der Waals surface area contributed by atoms with E-state index in [1.54, 1.807) is 18.2 Å². The molecule has 0 aliphatic carbocycles. The van der Waals surface area contributed by atoms with Crippen LogP contribution in [0.25, 0.3) is 0 Å². The summed E-state index contributed by atoms with van der Waals surface area (Å²) in [5.74, 6) is -0.149. The van der Waals surface area contributed by atoms with E-state index in [1.165, 1.54) is 38.6 Å². The SMILES string of the molecule is COc1cc(N=Cc2ccc(F)cc2)c(C(N)=O)cc1OC. The number of carbonyl (C=O) groups excluding carboxylic acids is 1. The van der Waals surface area contributed by atoms with E-state index in [-0.39, 0.29) is 11.4 Å². The van der Waals surface area contributed by atoms with Gasteiger partial charge in [-0.2, -0.15) is 0 Å². The van der Waals surface area contributed by atoms with Crippen LogP contribution in [-0.4, -0.2) is 26.3 Å². The number of hydrogen-bond donors (Lipinski definition) is 1. The van der Waals surface area contributed by atoms with Gasteiger partial charge in [0.2, 0.25) is 0 Å². The summed E-state index contributed by atoms with van der Waals surface area (Å²) < 4.78 is 23.2. The van der Waals surface area contributed by atoms with Crippen molar-refractivity contribution in [1.29, 1.82) is 0 Å². The minimum atomic E-state index is -0.632. The van der Waals surface area contributed by atoms with Crippen molar-refractivity contribution < 1.29 is 18.7 Å². The molecule has 2 N–H and O–H groups in total. The van der Waals surface area contributed by atoms with E-state index in [0.717, 1.165) is 0 Å². The molecule has 0 radical (unpaired) electrons. The van der Waals surface area contributed by atoms with Crippen molar-refractivity contribution in [3.05, 3.63) is 53.3 Å². The minimum absolute atomic E-state index is 0.205. The average molecular weight is 302 g/mol. The van der Waals surface area contributed by atoms with Crippen molar-refractivity contribution >= 4 is 17.8 Å². The zero-order chi connectivity index (χ0) is 16.1. The zero-order valence-electron chi connectivity index (χ0n) is 12.2. The van der Waals surface area contributed by atoms with Crippen molar-refractivity contribution in [3.8, 4) is 11.5 Å². The summed E-state index contributed by atoms with van der Waals surface area (Å²) >= 11 is 0. The lowest BCUT2D eigenvalue weighted by Gasteiger charge is -2.10. The normalized spacial score (nSPS) is 10.7. The predicted octanol–water partition coefficient (Wildman–Crippen LogP) is 2.69. The minimum Gasteiger partial charge on any atom is -0.493 e. The molecular weight excluding hydrogens is 287 g/mol. The molecule has 0 aromatic heterocycles. The van der Waals surface area contributed by atoms with Crippen LogP contribution in [0.2, 0.25) is 0 Å². The van der Waals surface area contributed by atoms with Gasteiger partial charge in [0.15, 0.2) is 11.5 Å². The Kier molecular flexibility index (Phi) is 4.73. The fourth-order valence-corrected chi connectivity index (χ4v) is 1.87. The quantitative estimate of drug-likeness (QED) is 0.863. The monoisotopic (exact) mass is 302 g/mol. The van der Waals surface area contributed by atoms with E-state index in [2.05, 4.69) is 4.99 Å². The molecule has 0 unspecified atom stereocenters. The van der Waals surface area contributed by atoms with E-state index < -0.39 is 5.91 Å². The summed E-state index contributed by atoms with van der Waals surface area (Å²) in [6.45, 7) is 0. The van der Waals surface area contributed by atoms with Gasteiger partial charge in [0.25, 0.3) is 5.91 Å². The molecule has 0 bridgehead atoms. The third-order valence-corrected chi connectivity index (χ3v) is 2.99. The second kappa shape index (κ2) is 6.71. The zero-order valence-corrected chi connectivity index (χ0v) is 12.2. The molecule has 0 saturated carbocycles. The Labute approximate surface area is 127 Å². The van der Waals surface area contributed by atoms with Crippen LogP contribution >= 0.6 is 0 Å². The van der Waals surface area contributed by atoms with Gasteiger partial charge in [0.1, 0.15) is 5.82 Å². The first-order valence-electron chi connectivity index (χ1n) is 6.40. The van der Waals surface area contributed by atoms with Gasteiger partial charge in [-0.05, 0) is 23.8 Å². The number of amides is 1. The molecule has 22 heavy (non-hydrogen) atoms. The summed E-state index contributed by atoms with van der Waals surface area (Å²) in [6.07, 6.45) is 1.51. The number of nitrogens with zero attached hydrogens (tertiary/aromatic N) is 1. The standard InChI is InChI=1S/C16H15FN2O3/c1-21-14-7-12(16(18)20)13(8-15(14)22-2)19-9-10-3-5-11(17)6-4-10/h3-9H,1-2H3,(H2,18,20). The van der Waals surface area contributed by atoms with Crippen molar-refractivity contribution in [2.75, 3.05) is 14.2 Å². The number of hydrogen-bond acceptors (Lipinski definition) is 4. The maximum Gasteiger partial charge on any atom is 0.251 e. The van der Waals surface area contributed by atoms with E-state index in [4.69, 9.17) is 15.2 Å². The van der Waals surface area contributed by atoms with Gasteiger partial charge in [-0.15, -0.1) is 0 Å². The summed E-state index contributed by atoms with van der Waals surface area (Å²) in [5, 5.41) is 0. The van der Waals surface area contributed by atoms with Crippen molar-refractivity contribution in [2.24, 2.45) is 10.7 Å². The highest BCUT2D eigenvalue weighted by atomic mass is 19.1. The molecule has 0 aliphatic rings. The molecule has 2 aromatic carbocycles. The Bertz CT molecular complexity index is 712. The van der Waals surface area contributed by atoms with Gasteiger partial charge in [-0.1, -0.05) is 12.1 Å². The highest BCUT2D eigenvalue weighted by molar-refractivity contribution is 5.99. The fraction of sp³-hybridized carbons (Fsp3) is 0.125. The maximum atomic E-state index is 12.9. The van der Waals surface area contributed by atoms with Crippen molar-refractivity contribution in [3.63, 3.8) is 0 Å². The molecular formula is C16H15FN2O3. The van der Waals surface area contributed by atoms with Crippen LogP contribution < -0.4 is 15.2 Å². The van der Waals surface area contributed by atoms with E-state index >= 15 is 0 Å². The average Bonchev–Trinajstić information content (AvgIpc) is 2.53. The van der Waals surface area contributed by atoms with Gasteiger partial charge < -0.3 is 15.2 Å². The molecule has 2 aromatic rings. The third-order valence-electron chi connectivity index (χ3n) is 2.99. The first-order chi connectivity index (χ1) is 10.5. The van der Waals surface area contributed by atoms with Gasteiger partial charge in [0.05, 0.1) is 25.5 Å². The topological polar surface area (TPSA) is 73.9 Å². The number of nitrogens with two attached hydrogens (primary N) is 1. The number of primary amides is 1. The number of carbonyl (C=O) groups is 1. The van der Waals surface area contributed by atoms with Gasteiger partial charge in [0, 0.05) is 12.3 Å². The van der Waals surface area contributed by atoms with Gasteiger partial charge in [-0.3, -0.25) is 9.79 Å². The molecule has 114 valence electrons. The summed E-state index contributed by atoms with van der Waals surface area (Å²) in [4.78, 5) is 15.8. The van der Waals surface area contributed by atoms with E-state index in [9.17, 15) is 9.18 Å². The summed E-state index contributed by atoms with van der Waals surface area (Å²) in [5.41, 5.74) is 6.59. The Hall–Kier alpha value is -2.89. The molecule has 0 fully saturated rings. The number of ether oxygens (including phenoxy) is 2. The Morgan fingerprint density at radius 1 is 1.14 bits per heavy atom. The lowest BCUT2D eigenvalue weighted by atomic mass is 10.1. The number of halogens is 1. The molecule has 0 atom stereocenters. The number of aliphatic imine (C=N–C) groups is 1. The molecule has 0 saturated heterocycles. The largest absolute Gasteiger partial charge is 0.493 e. The Morgan fingerprint density at radius 2 is 1.73 bits per heavy atom. The molecule has 6 heteroatoms. The van der Waals surface area contributed by atoms with Crippen LogP contribution in [0.1, 0.15) is 15.9 Å². The first kappa shape index (κ1) is 15.5. The van der Waals surface area contributed by atoms with E-state index in [1.807, 2.05) is 0 Å². The third kappa shape index (κ3) is 3.41. The van der Waals surface area contributed by atoms with Crippen molar-refractivity contribution in [1.82, 2.24) is 0 Å². The highest BCUT2D eigenvalue weighted by Crippen LogP contribution is 2.34. The smallest absolute Gasteiger partial charge is 0.251 e. The number of rotatable bonds is 5. The second-order valence-corrected chi connectivity index (χ2v) is 4.40. The Balaban J connectivity index is 2.44. The van der Waals surface area contributed by atoms with Crippen LogP contribution in [0.4, 0.5) is 10.1 Å². The number of benzene rings is 2.